The zero-order valence-corrected chi connectivity index (χ0v) is 11.5. The number of amides is 1. The van der Waals surface area contributed by atoms with Gasteiger partial charge in [-0.2, -0.15) is 0 Å². The number of hydrogen-bond acceptors (Lipinski definition) is 1. The van der Waals surface area contributed by atoms with Crippen LogP contribution < -0.4 is 5.32 Å². The fourth-order valence-corrected chi connectivity index (χ4v) is 1.29. The van der Waals surface area contributed by atoms with Crippen molar-refractivity contribution in [3.63, 3.8) is 0 Å². The Bertz CT molecular complexity index is 149. The number of hydrogen-bond donors (Lipinski definition) is 1. The minimum Gasteiger partial charge on any atom is -0.356 e. The molecular weight excluding hydrogens is 197 g/mol. The zero-order valence-electron chi connectivity index (χ0n) is 11.5. The summed E-state index contributed by atoms with van der Waals surface area (Å²) in [6.07, 6.45) is 6.58. The maximum atomic E-state index is 11.3. The van der Waals surface area contributed by atoms with E-state index in [0.717, 1.165) is 19.4 Å². The van der Waals surface area contributed by atoms with Crippen molar-refractivity contribution in [1.82, 2.24) is 5.32 Å². The first-order valence-electron chi connectivity index (χ1n) is 6.51. The Kier molecular flexibility index (Phi) is 16.3. The second kappa shape index (κ2) is 14.5. The van der Waals surface area contributed by atoms with Crippen LogP contribution in [0, 0.1) is 5.92 Å². The third-order valence-electron chi connectivity index (χ3n) is 2.30. The molecule has 0 aliphatic rings. The maximum absolute atomic E-state index is 11.3. The number of carbonyl (C=O) groups excluding carboxylic acids is 1. The van der Waals surface area contributed by atoms with E-state index in [1.54, 1.807) is 0 Å². The van der Waals surface area contributed by atoms with Gasteiger partial charge in [-0.3, -0.25) is 4.79 Å². The lowest BCUT2D eigenvalue weighted by Gasteiger charge is -2.06. The van der Waals surface area contributed by atoms with Gasteiger partial charge < -0.3 is 5.32 Å². The Balaban J connectivity index is 0. The van der Waals surface area contributed by atoms with Crippen LogP contribution in [-0.2, 0) is 4.79 Å². The molecule has 1 amide bonds. The van der Waals surface area contributed by atoms with Crippen molar-refractivity contribution >= 4 is 13.8 Å². The monoisotopic (exact) mass is 225 g/mol. The molecule has 0 saturated heterocycles. The minimum absolute atomic E-state index is 0.218. The third kappa shape index (κ3) is 16.0. The van der Waals surface area contributed by atoms with Gasteiger partial charge in [0.1, 0.15) is 0 Å². The summed E-state index contributed by atoms with van der Waals surface area (Å²) in [6.45, 7) is 8.85. The Morgan fingerprint density at radius 2 is 1.81 bits per heavy atom. The molecule has 0 aromatic carbocycles. The fourth-order valence-electron chi connectivity index (χ4n) is 1.29. The predicted octanol–water partition coefficient (Wildman–Crippen LogP) is 3.32. The fraction of sp³-hybridized carbons (Fsp3) is 0.923. The molecule has 0 aliphatic carbocycles. The van der Waals surface area contributed by atoms with Crippen LogP contribution in [0.1, 0.15) is 59.3 Å². The average molecular weight is 225 g/mol. The standard InChI is InChI=1S/C12H25NO.CH3B/c1-4-5-6-7-10-13-12(14)9-8-11(2)3;1-2/h11H,4-10H2,1-3H3,(H,13,14);1H3. The molecule has 0 rings (SSSR count). The van der Waals surface area contributed by atoms with E-state index < -0.39 is 0 Å². The minimum atomic E-state index is 0.218. The van der Waals surface area contributed by atoms with Crippen LogP contribution in [0.15, 0.2) is 0 Å². The lowest BCUT2D eigenvalue weighted by Crippen LogP contribution is -2.24. The summed E-state index contributed by atoms with van der Waals surface area (Å²) >= 11 is 0. The molecule has 1 N–H and O–H groups in total. The molecule has 0 aromatic heterocycles. The largest absolute Gasteiger partial charge is 0.356 e. The van der Waals surface area contributed by atoms with Gasteiger partial charge in [0.25, 0.3) is 0 Å². The van der Waals surface area contributed by atoms with Crippen molar-refractivity contribution < 1.29 is 4.79 Å². The quantitative estimate of drug-likeness (QED) is 0.498. The molecule has 0 atom stereocenters. The van der Waals surface area contributed by atoms with E-state index in [0.29, 0.717) is 12.3 Å². The summed E-state index contributed by atoms with van der Waals surface area (Å²) in [5.74, 6) is 0.844. The summed E-state index contributed by atoms with van der Waals surface area (Å²) in [7, 11) is 4.50. The average Bonchev–Trinajstić information content (AvgIpc) is 2.29. The van der Waals surface area contributed by atoms with E-state index in [1.165, 1.54) is 26.1 Å². The normalized spacial score (nSPS) is 9.56. The molecule has 2 radical (unpaired) electrons. The Hall–Kier alpha value is -0.465. The van der Waals surface area contributed by atoms with E-state index in [4.69, 9.17) is 0 Å². The summed E-state index contributed by atoms with van der Waals surface area (Å²) in [6, 6.07) is 0. The van der Waals surface area contributed by atoms with E-state index in [-0.39, 0.29) is 5.91 Å². The van der Waals surface area contributed by atoms with E-state index in [1.807, 2.05) is 0 Å². The third-order valence-corrected chi connectivity index (χ3v) is 2.30. The first-order chi connectivity index (χ1) is 7.66. The lowest BCUT2D eigenvalue weighted by atomic mass is 10.1. The maximum Gasteiger partial charge on any atom is 0.220 e. The van der Waals surface area contributed by atoms with Gasteiger partial charge in [-0.15, -0.1) is 0 Å². The molecule has 0 heterocycles. The van der Waals surface area contributed by atoms with E-state index >= 15 is 0 Å². The van der Waals surface area contributed by atoms with Crippen molar-refractivity contribution in [2.24, 2.45) is 5.92 Å². The van der Waals surface area contributed by atoms with Crippen LogP contribution in [0.5, 0.6) is 0 Å². The Labute approximate surface area is 103 Å². The number of nitrogens with one attached hydrogen (secondary N) is 1. The molecule has 0 spiro atoms. The van der Waals surface area contributed by atoms with Crippen LogP contribution in [0.25, 0.3) is 0 Å². The van der Waals surface area contributed by atoms with Gasteiger partial charge in [0.05, 0.1) is 7.85 Å². The van der Waals surface area contributed by atoms with Gasteiger partial charge in [0, 0.05) is 13.0 Å². The summed E-state index contributed by atoms with van der Waals surface area (Å²) in [5, 5.41) is 2.96. The van der Waals surface area contributed by atoms with Gasteiger partial charge in [0.2, 0.25) is 5.91 Å². The smallest absolute Gasteiger partial charge is 0.220 e. The highest BCUT2D eigenvalue weighted by atomic mass is 16.1. The molecule has 0 aromatic rings. The highest BCUT2D eigenvalue weighted by molar-refractivity contribution is 6.05. The number of rotatable bonds is 8. The lowest BCUT2D eigenvalue weighted by molar-refractivity contribution is -0.121. The summed E-state index contributed by atoms with van der Waals surface area (Å²) < 4.78 is 0. The van der Waals surface area contributed by atoms with Crippen LogP contribution in [0.3, 0.4) is 0 Å². The van der Waals surface area contributed by atoms with E-state index in [9.17, 15) is 4.79 Å². The molecule has 0 saturated carbocycles. The summed E-state index contributed by atoms with van der Waals surface area (Å²) in [4.78, 5) is 11.3. The SMILES string of the molecule is CCCCCCNC(=O)CCC(C)C.[B]C. The van der Waals surface area contributed by atoms with Crippen LogP contribution in [0.4, 0.5) is 0 Å². The number of carbonyl (C=O) groups is 1. The zero-order chi connectivity index (χ0) is 12.8. The van der Waals surface area contributed by atoms with Crippen LogP contribution >= 0.6 is 0 Å². The molecule has 94 valence electrons. The highest BCUT2D eigenvalue weighted by Gasteiger charge is 2.01. The molecule has 0 bridgehead atoms. The molecule has 3 heteroatoms. The van der Waals surface area contributed by atoms with Gasteiger partial charge >= 0.3 is 0 Å². The highest BCUT2D eigenvalue weighted by Crippen LogP contribution is 2.03. The second-order valence-electron chi connectivity index (χ2n) is 4.34. The van der Waals surface area contributed by atoms with Crippen LogP contribution in [-0.4, -0.2) is 20.3 Å². The summed E-state index contributed by atoms with van der Waals surface area (Å²) in [5.41, 5.74) is 0. The molecule has 0 unspecified atom stereocenters. The number of unbranched alkanes of at least 4 members (excludes halogenated alkanes) is 3. The molecule has 0 aliphatic heterocycles. The molecule has 2 nitrogen and oxygen atoms in total. The van der Waals surface area contributed by atoms with Crippen molar-refractivity contribution in [2.45, 2.75) is 66.1 Å². The van der Waals surface area contributed by atoms with Crippen molar-refractivity contribution in [3.05, 3.63) is 0 Å². The molecule has 0 fully saturated rings. The predicted molar refractivity (Wildman–Crippen MR) is 72.8 cm³/mol. The molecule has 16 heavy (non-hydrogen) atoms. The Morgan fingerprint density at radius 3 is 2.31 bits per heavy atom. The van der Waals surface area contributed by atoms with Gasteiger partial charge in [-0.05, 0) is 18.8 Å². The van der Waals surface area contributed by atoms with Gasteiger partial charge in [0.15, 0.2) is 0 Å². The first-order valence-corrected chi connectivity index (χ1v) is 6.51. The topological polar surface area (TPSA) is 29.1 Å². The second-order valence-corrected chi connectivity index (χ2v) is 4.34. The molecular formula is C13H28BNO. The van der Waals surface area contributed by atoms with Crippen LogP contribution in [0.2, 0.25) is 6.82 Å². The first kappa shape index (κ1) is 17.9. The van der Waals surface area contributed by atoms with Crippen molar-refractivity contribution in [3.8, 4) is 0 Å². The van der Waals surface area contributed by atoms with Gasteiger partial charge in [-0.1, -0.05) is 46.9 Å². The Morgan fingerprint density at radius 1 is 1.19 bits per heavy atom. The van der Waals surface area contributed by atoms with Crippen molar-refractivity contribution in [1.29, 1.82) is 0 Å². The van der Waals surface area contributed by atoms with Gasteiger partial charge in [-0.25, -0.2) is 0 Å². The van der Waals surface area contributed by atoms with Crippen molar-refractivity contribution in [2.75, 3.05) is 6.54 Å². The van der Waals surface area contributed by atoms with E-state index in [2.05, 4.69) is 33.9 Å².